The zero-order valence-electron chi connectivity index (χ0n) is 14.2. The van der Waals surface area contributed by atoms with Crippen LogP contribution in [-0.4, -0.2) is 39.1 Å². The van der Waals surface area contributed by atoms with Gasteiger partial charge in [-0.2, -0.15) is 4.98 Å². The van der Waals surface area contributed by atoms with Gasteiger partial charge in [0.15, 0.2) is 0 Å². The lowest BCUT2D eigenvalue weighted by molar-refractivity contribution is 0.101. The van der Waals surface area contributed by atoms with E-state index in [-0.39, 0.29) is 11.7 Å². The number of nitrogens with one attached hydrogen (secondary N) is 1. The van der Waals surface area contributed by atoms with Crippen molar-refractivity contribution in [1.82, 2.24) is 19.6 Å². The van der Waals surface area contributed by atoms with E-state index >= 15 is 0 Å². The van der Waals surface area contributed by atoms with Crippen LogP contribution in [0.5, 0.6) is 0 Å². The summed E-state index contributed by atoms with van der Waals surface area (Å²) in [6.07, 6.45) is 0. The summed E-state index contributed by atoms with van der Waals surface area (Å²) in [5.74, 6) is 0.177. The second kappa shape index (κ2) is 6.27. The minimum Gasteiger partial charge on any atom is -0.373 e. The summed E-state index contributed by atoms with van der Waals surface area (Å²) in [7, 11) is 1.98. The van der Waals surface area contributed by atoms with Gasteiger partial charge in [0.1, 0.15) is 0 Å². The quantitative estimate of drug-likeness (QED) is 0.798. The zero-order chi connectivity index (χ0) is 17.3. The highest BCUT2D eigenvalue weighted by atomic mass is 16.2. The number of hydrogen-bond donors (Lipinski definition) is 1. The van der Waals surface area contributed by atoms with Crippen LogP contribution in [0.2, 0.25) is 0 Å². The molecule has 0 aliphatic heterocycles. The van der Waals surface area contributed by atoms with Crippen molar-refractivity contribution in [3.63, 3.8) is 0 Å². The number of carbonyl (C=O) groups is 1. The topological polar surface area (TPSA) is 75.4 Å². The minimum absolute atomic E-state index is 0.102. The van der Waals surface area contributed by atoms with E-state index in [9.17, 15) is 4.79 Å². The molecule has 7 heteroatoms. The summed E-state index contributed by atoms with van der Waals surface area (Å²) >= 11 is 0. The molecule has 1 amide bonds. The van der Waals surface area contributed by atoms with Crippen molar-refractivity contribution in [3.05, 3.63) is 47.5 Å². The molecule has 2 heterocycles. The molecule has 1 N–H and O–H groups in total. The summed E-state index contributed by atoms with van der Waals surface area (Å²) in [6, 6.07) is 9.55. The maximum absolute atomic E-state index is 12.5. The molecule has 3 rings (SSSR count). The third-order valence-electron chi connectivity index (χ3n) is 3.86. The lowest BCUT2D eigenvalue weighted by atomic mass is 10.2. The molecule has 0 aliphatic rings. The Labute approximate surface area is 140 Å². The van der Waals surface area contributed by atoms with Gasteiger partial charge >= 0.3 is 0 Å². The molecule has 0 saturated heterocycles. The molecule has 0 unspecified atom stereocenters. The number of rotatable bonds is 4. The van der Waals surface area contributed by atoms with E-state index in [2.05, 4.69) is 32.2 Å². The van der Waals surface area contributed by atoms with Gasteiger partial charge in [0.2, 0.25) is 5.82 Å². The van der Waals surface area contributed by atoms with Crippen LogP contribution in [0.1, 0.15) is 28.9 Å². The molecule has 0 aliphatic carbocycles. The van der Waals surface area contributed by atoms with E-state index < -0.39 is 0 Å². The van der Waals surface area contributed by atoms with Crippen LogP contribution in [0.15, 0.2) is 30.3 Å². The van der Waals surface area contributed by atoms with Crippen LogP contribution >= 0.6 is 0 Å². The molecule has 0 atom stereocenters. The maximum atomic E-state index is 12.5. The van der Waals surface area contributed by atoms with Gasteiger partial charge in [-0.15, -0.1) is 5.10 Å². The lowest BCUT2D eigenvalue weighted by Gasteiger charge is -2.20. The van der Waals surface area contributed by atoms with Gasteiger partial charge in [0.05, 0.1) is 11.4 Å². The van der Waals surface area contributed by atoms with Crippen LogP contribution in [-0.2, 0) is 0 Å². The Balaban J connectivity index is 1.92. The molecular formula is C17H20N6O. The van der Waals surface area contributed by atoms with Crippen molar-refractivity contribution in [2.75, 3.05) is 23.8 Å². The van der Waals surface area contributed by atoms with Crippen molar-refractivity contribution in [2.24, 2.45) is 0 Å². The van der Waals surface area contributed by atoms with E-state index in [1.54, 1.807) is 4.52 Å². The number of para-hydroxylation sites is 2. The average molecular weight is 324 g/mol. The van der Waals surface area contributed by atoms with Crippen molar-refractivity contribution < 1.29 is 4.79 Å². The molecule has 0 spiro atoms. The molecular weight excluding hydrogens is 304 g/mol. The highest BCUT2D eigenvalue weighted by Gasteiger charge is 2.17. The van der Waals surface area contributed by atoms with E-state index in [1.165, 1.54) is 0 Å². The summed E-state index contributed by atoms with van der Waals surface area (Å²) in [6.45, 7) is 6.68. The fourth-order valence-electron chi connectivity index (χ4n) is 2.52. The summed E-state index contributed by atoms with van der Waals surface area (Å²) in [5.41, 5.74) is 3.40. The van der Waals surface area contributed by atoms with Gasteiger partial charge in [0, 0.05) is 25.0 Å². The van der Waals surface area contributed by atoms with Crippen LogP contribution in [0.25, 0.3) is 5.78 Å². The Morgan fingerprint density at radius 3 is 2.75 bits per heavy atom. The Bertz CT molecular complexity index is 901. The van der Waals surface area contributed by atoms with Crippen molar-refractivity contribution in [1.29, 1.82) is 0 Å². The van der Waals surface area contributed by atoms with Crippen molar-refractivity contribution >= 4 is 23.1 Å². The Kier molecular flexibility index (Phi) is 4.16. The largest absolute Gasteiger partial charge is 0.373 e. The molecule has 0 saturated carbocycles. The summed E-state index contributed by atoms with van der Waals surface area (Å²) in [4.78, 5) is 23.2. The maximum Gasteiger partial charge on any atom is 0.295 e. The number of amides is 1. The van der Waals surface area contributed by atoms with Gasteiger partial charge in [-0.3, -0.25) is 4.79 Å². The van der Waals surface area contributed by atoms with Gasteiger partial charge in [0.25, 0.3) is 11.7 Å². The normalized spacial score (nSPS) is 10.8. The van der Waals surface area contributed by atoms with Gasteiger partial charge in [-0.1, -0.05) is 12.1 Å². The second-order valence-corrected chi connectivity index (χ2v) is 5.67. The van der Waals surface area contributed by atoms with Gasteiger partial charge in [-0.05, 0) is 39.0 Å². The molecule has 7 nitrogen and oxygen atoms in total. The Morgan fingerprint density at radius 1 is 1.25 bits per heavy atom. The average Bonchev–Trinajstić information content (AvgIpc) is 2.99. The molecule has 2 aromatic heterocycles. The summed E-state index contributed by atoms with van der Waals surface area (Å²) in [5, 5.41) is 7.15. The lowest BCUT2D eigenvalue weighted by Crippen LogP contribution is -2.20. The van der Waals surface area contributed by atoms with E-state index in [0.29, 0.717) is 5.78 Å². The third-order valence-corrected chi connectivity index (χ3v) is 3.86. The molecule has 3 aromatic rings. The van der Waals surface area contributed by atoms with Gasteiger partial charge in [-0.25, -0.2) is 9.50 Å². The number of carbonyl (C=O) groups excluding carboxylic acids is 1. The third kappa shape index (κ3) is 2.92. The Morgan fingerprint density at radius 2 is 2.00 bits per heavy atom. The minimum atomic E-state index is -0.352. The monoisotopic (exact) mass is 324 g/mol. The Hall–Kier alpha value is -2.96. The number of nitrogens with zero attached hydrogens (tertiary/aromatic N) is 5. The van der Waals surface area contributed by atoms with Crippen LogP contribution in [0, 0.1) is 13.8 Å². The zero-order valence-corrected chi connectivity index (χ0v) is 14.2. The number of aromatic nitrogens is 4. The van der Waals surface area contributed by atoms with E-state index in [0.717, 1.165) is 29.3 Å². The fourth-order valence-corrected chi connectivity index (χ4v) is 2.52. The highest BCUT2D eigenvalue weighted by Crippen LogP contribution is 2.24. The SMILES string of the molecule is CCN(C)c1ccccc1NC(=O)c1nc2nc(C)cc(C)n2n1. The first-order chi connectivity index (χ1) is 11.5. The summed E-state index contributed by atoms with van der Waals surface area (Å²) < 4.78 is 1.58. The molecule has 0 bridgehead atoms. The first-order valence-corrected chi connectivity index (χ1v) is 7.82. The van der Waals surface area contributed by atoms with Crippen LogP contribution in [0.4, 0.5) is 11.4 Å². The van der Waals surface area contributed by atoms with E-state index in [4.69, 9.17) is 0 Å². The highest BCUT2D eigenvalue weighted by molar-refractivity contribution is 6.03. The molecule has 1 aromatic carbocycles. The number of fused-ring (bicyclic) bond motifs is 1. The van der Waals surface area contributed by atoms with Gasteiger partial charge < -0.3 is 10.2 Å². The van der Waals surface area contributed by atoms with E-state index in [1.807, 2.05) is 51.2 Å². The second-order valence-electron chi connectivity index (χ2n) is 5.67. The number of benzene rings is 1. The standard InChI is InChI=1S/C17H20N6O/c1-5-22(4)14-9-7-6-8-13(14)19-16(24)15-20-17-18-11(2)10-12(3)23(17)21-15/h6-10H,5H2,1-4H3,(H,19,24). The van der Waals surface area contributed by atoms with Crippen molar-refractivity contribution in [2.45, 2.75) is 20.8 Å². The molecule has 124 valence electrons. The number of hydrogen-bond acceptors (Lipinski definition) is 5. The predicted octanol–water partition coefficient (Wildman–Crippen LogP) is 2.45. The fraction of sp³-hybridized carbons (Fsp3) is 0.294. The van der Waals surface area contributed by atoms with Crippen LogP contribution < -0.4 is 10.2 Å². The molecule has 0 fully saturated rings. The number of aryl methyl sites for hydroxylation is 2. The van der Waals surface area contributed by atoms with Crippen molar-refractivity contribution in [3.8, 4) is 0 Å². The molecule has 0 radical (unpaired) electrons. The first kappa shape index (κ1) is 15.9. The molecule has 24 heavy (non-hydrogen) atoms. The first-order valence-electron chi connectivity index (χ1n) is 7.82. The predicted molar refractivity (Wildman–Crippen MR) is 93.6 cm³/mol. The van der Waals surface area contributed by atoms with Crippen LogP contribution in [0.3, 0.4) is 0 Å². The number of anilines is 2. The smallest absolute Gasteiger partial charge is 0.295 e.